The summed E-state index contributed by atoms with van der Waals surface area (Å²) in [6.45, 7) is 14.6. The van der Waals surface area contributed by atoms with E-state index in [1.165, 1.54) is 44.9 Å². The number of aliphatic hydroxyl groups is 1. The van der Waals surface area contributed by atoms with Crippen molar-refractivity contribution >= 4 is 12.6 Å². The summed E-state index contributed by atoms with van der Waals surface area (Å²) in [6, 6.07) is 0. The minimum absolute atomic E-state index is 0. The van der Waals surface area contributed by atoms with E-state index in [1.807, 2.05) is 6.92 Å². The third-order valence-corrected chi connectivity index (χ3v) is 12.8. The van der Waals surface area contributed by atoms with Crippen molar-refractivity contribution in [3.8, 4) is 0 Å². The van der Waals surface area contributed by atoms with Crippen molar-refractivity contribution < 1.29 is 20.7 Å². The largest absolute Gasteiger partial charge is 0.394 e. The molecule has 4 nitrogen and oxygen atoms in total. The fraction of sp³-hybridized carbons (Fsp3) is 1.00. The van der Waals surface area contributed by atoms with Crippen molar-refractivity contribution in [3.63, 3.8) is 0 Å². The second kappa shape index (κ2) is 8.89. The molecule has 0 amide bonds. The normalized spacial score (nSPS) is 50.5. The van der Waals surface area contributed by atoms with E-state index in [4.69, 9.17) is 26.8 Å². The van der Waals surface area contributed by atoms with Crippen LogP contribution in [0.25, 0.3) is 0 Å². The van der Waals surface area contributed by atoms with Crippen LogP contribution in [0.5, 0.6) is 0 Å². The minimum atomic E-state index is -0.0971. The summed E-state index contributed by atoms with van der Waals surface area (Å²) in [7, 11) is 0. The molecule has 5 rings (SSSR count). The van der Waals surface area contributed by atoms with E-state index in [-0.39, 0.29) is 42.6 Å². The van der Waals surface area contributed by atoms with Gasteiger partial charge in [0.05, 0.1) is 24.9 Å². The van der Waals surface area contributed by atoms with E-state index in [2.05, 4.69) is 34.6 Å². The first-order valence-electron chi connectivity index (χ1n) is 14.3. The maximum Gasteiger partial charge on any atom is 0.157 e. The zero-order valence-electron chi connectivity index (χ0n) is 22.5. The molecule has 34 heavy (non-hydrogen) atoms. The van der Waals surface area contributed by atoms with Crippen LogP contribution in [-0.4, -0.2) is 48.2 Å². The van der Waals surface area contributed by atoms with Gasteiger partial charge in [-0.1, -0.05) is 27.7 Å². The van der Waals surface area contributed by atoms with Crippen LogP contribution in [-0.2, 0) is 14.2 Å². The summed E-state index contributed by atoms with van der Waals surface area (Å²) < 4.78 is 18.9. The molecule has 11 atom stereocenters. The monoisotopic (exact) mass is 496 g/mol. The van der Waals surface area contributed by atoms with Gasteiger partial charge in [0, 0.05) is 13.3 Å². The summed E-state index contributed by atoms with van der Waals surface area (Å²) in [5.41, 5.74) is 1.52. The molecule has 5 aliphatic rings. The van der Waals surface area contributed by atoms with Crippen LogP contribution < -0.4 is 0 Å². The molecule has 0 saturated heterocycles. The predicted octanol–water partition coefficient (Wildman–Crippen LogP) is 6.50. The number of hydrogen-bond donors (Lipinski definition) is 2. The molecule has 0 heterocycles. The average molecular weight is 497 g/mol. The number of rotatable bonds is 8. The van der Waals surface area contributed by atoms with Gasteiger partial charge in [0.15, 0.2) is 6.29 Å². The van der Waals surface area contributed by atoms with Crippen LogP contribution in [0.3, 0.4) is 0 Å². The smallest absolute Gasteiger partial charge is 0.157 e. The van der Waals surface area contributed by atoms with Crippen molar-refractivity contribution in [1.29, 1.82) is 0 Å². The molecule has 0 radical (unpaired) electrons. The fourth-order valence-corrected chi connectivity index (χ4v) is 10.7. The molecule has 198 valence electrons. The topological polar surface area (TPSA) is 47.9 Å². The van der Waals surface area contributed by atoms with Crippen LogP contribution in [0.1, 0.15) is 101 Å². The van der Waals surface area contributed by atoms with E-state index in [9.17, 15) is 5.11 Å². The molecule has 2 spiro atoms. The molecular formula is C29H52O4S. The van der Waals surface area contributed by atoms with Gasteiger partial charge in [-0.05, 0) is 111 Å². The van der Waals surface area contributed by atoms with E-state index >= 15 is 0 Å². The van der Waals surface area contributed by atoms with Crippen molar-refractivity contribution in [2.75, 3.05) is 13.2 Å². The van der Waals surface area contributed by atoms with E-state index in [0.717, 1.165) is 31.3 Å². The van der Waals surface area contributed by atoms with Gasteiger partial charge in [0.25, 0.3) is 0 Å². The van der Waals surface area contributed by atoms with Crippen molar-refractivity contribution in [1.82, 2.24) is 0 Å². The molecule has 5 aliphatic carbocycles. The first-order valence-corrected chi connectivity index (χ1v) is 14.8. The summed E-state index contributed by atoms with van der Waals surface area (Å²) in [4.78, 5) is 0. The Kier molecular flexibility index (Phi) is 6.75. The fourth-order valence-electron chi connectivity index (χ4n) is 10.2. The van der Waals surface area contributed by atoms with Crippen LogP contribution in [0.4, 0.5) is 0 Å². The highest BCUT2D eigenvalue weighted by molar-refractivity contribution is 7.81. The second-order valence-corrected chi connectivity index (χ2v) is 14.0. The molecule has 0 bridgehead atoms. The summed E-state index contributed by atoms with van der Waals surface area (Å²) in [5.74, 6) is 2.28. The zero-order valence-corrected chi connectivity index (χ0v) is 23.4. The van der Waals surface area contributed by atoms with Crippen LogP contribution >= 0.6 is 12.6 Å². The van der Waals surface area contributed by atoms with E-state index in [0.29, 0.717) is 22.9 Å². The van der Waals surface area contributed by atoms with Gasteiger partial charge in [-0.3, -0.25) is 0 Å². The van der Waals surface area contributed by atoms with E-state index < -0.39 is 0 Å². The highest BCUT2D eigenvalue weighted by atomic mass is 32.1. The van der Waals surface area contributed by atoms with Gasteiger partial charge in [-0.2, -0.15) is 12.6 Å². The Morgan fingerprint density at radius 2 is 1.76 bits per heavy atom. The van der Waals surface area contributed by atoms with Crippen molar-refractivity contribution in [2.45, 2.75) is 129 Å². The summed E-state index contributed by atoms with van der Waals surface area (Å²) >= 11 is 5.16. The molecule has 5 saturated carbocycles. The van der Waals surface area contributed by atoms with Crippen molar-refractivity contribution in [2.24, 2.45) is 39.4 Å². The van der Waals surface area contributed by atoms with Gasteiger partial charge < -0.3 is 19.3 Å². The second-order valence-electron chi connectivity index (χ2n) is 13.5. The van der Waals surface area contributed by atoms with Gasteiger partial charge in [0.1, 0.15) is 0 Å². The number of ether oxygens (including phenoxy) is 3. The lowest BCUT2D eigenvalue weighted by molar-refractivity contribution is -0.226. The Morgan fingerprint density at radius 3 is 2.44 bits per heavy atom. The lowest BCUT2D eigenvalue weighted by atomic mass is 9.47. The molecular weight excluding hydrogens is 444 g/mol. The standard InChI is InChI=1S/C29H50O4S.H2/c1-7-24(31-8-2)33-23-11-12-29-17-28(29)14-13-27(6)20(15-21(25(27)34)32-18(3)16-30)19(28)9-10-22(29)26(23,4)5;/h18-25,30,34H,7-17H2,1-6H3;1H/t18?,19?,20?,21?,22?,23-,24?,25?,27?,28?,29?;/m0./s1. The Balaban J connectivity index is 0.00000289. The average Bonchev–Trinajstić information content (AvgIpc) is 3.41. The van der Waals surface area contributed by atoms with Crippen LogP contribution in [0.15, 0.2) is 0 Å². The van der Waals surface area contributed by atoms with Gasteiger partial charge >= 0.3 is 0 Å². The summed E-state index contributed by atoms with van der Waals surface area (Å²) in [6.07, 6.45) is 11.7. The number of fused-ring (bicyclic) bond motifs is 2. The Hall–Kier alpha value is 0.190. The minimum Gasteiger partial charge on any atom is -0.394 e. The highest BCUT2D eigenvalue weighted by Gasteiger charge is 2.80. The molecule has 0 aromatic carbocycles. The lowest BCUT2D eigenvalue weighted by Crippen LogP contribution is -2.55. The Bertz CT molecular complexity index is 765. The first kappa shape index (κ1) is 25.8. The van der Waals surface area contributed by atoms with Crippen molar-refractivity contribution in [3.05, 3.63) is 0 Å². The highest BCUT2D eigenvalue weighted by Crippen LogP contribution is 2.86. The maximum absolute atomic E-state index is 9.57. The molecule has 5 heteroatoms. The summed E-state index contributed by atoms with van der Waals surface area (Å²) in [5, 5.41) is 9.85. The third-order valence-electron chi connectivity index (χ3n) is 11.8. The SMILES string of the molecule is CCOC(CC)O[C@H]1CCC23CC24CCC2(C)C(S)C(OC(C)CO)CC2C4CCC3C1(C)C.[HH]. The van der Waals surface area contributed by atoms with Crippen LogP contribution in [0.2, 0.25) is 0 Å². The molecule has 0 aromatic heterocycles. The number of aliphatic hydroxyl groups excluding tert-OH is 1. The Labute approximate surface area is 215 Å². The van der Waals surface area contributed by atoms with E-state index in [1.54, 1.807) is 0 Å². The molecule has 5 fully saturated rings. The zero-order chi connectivity index (χ0) is 24.5. The molecule has 1 N–H and O–H groups in total. The third kappa shape index (κ3) is 3.53. The van der Waals surface area contributed by atoms with Gasteiger partial charge in [0.2, 0.25) is 0 Å². The van der Waals surface area contributed by atoms with Crippen LogP contribution in [0, 0.1) is 39.4 Å². The van der Waals surface area contributed by atoms with Gasteiger partial charge in [-0.25, -0.2) is 0 Å². The van der Waals surface area contributed by atoms with Gasteiger partial charge in [-0.15, -0.1) is 0 Å². The predicted molar refractivity (Wildman–Crippen MR) is 141 cm³/mol. The lowest BCUT2D eigenvalue weighted by Gasteiger charge is -2.59. The molecule has 0 aliphatic heterocycles. The maximum atomic E-state index is 9.57. The Morgan fingerprint density at radius 1 is 1.00 bits per heavy atom. The quantitative estimate of drug-likeness (QED) is 0.298. The molecule has 0 aromatic rings. The first-order chi connectivity index (χ1) is 16.1. The number of thiol groups is 1. The molecule has 10 unspecified atom stereocenters. The number of hydrogen-bond acceptors (Lipinski definition) is 5.